The molecule has 1 heterocycles. The zero-order valence-corrected chi connectivity index (χ0v) is 11.9. The summed E-state index contributed by atoms with van der Waals surface area (Å²) in [6.07, 6.45) is 3.82. The fraction of sp³-hybridized carbons (Fsp3) is 0.562. The van der Waals surface area contributed by atoms with Crippen LogP contribution in [0.4, 0.5) is 5.69 Å². The van der Waals surface area contributed by atoms with Crippen molar-refractivity contribution in [3.63, 3.8) is 0 Å². The summed E-state index contributed by atoms with van der Waals surface area (Å²) in [4.78, 5) is 0. The molecule has 0 unspecified atom stereocenters. The van der Waals surface area contributed by atoms with Gasteiger partial charge >= 0.3 is 0 Å². The zero-order valence-electron chi connectivity index (χ0n) is 11.9. The number of nitriles is 1. The zero-order chi connectivity index (χ0) is 14.0. The van der Waals surface area contributed by atoms with E-state index in [0.717, 1.165) is 43.4 Å². The second-order valence-corrected chi connectivity index (χ2v) is 5.21. The molecule has 1 fully saturated rings. The Hall–Kier alpha value is -1.73. The van der Waals surface area contributed by atoms with Crippen LogP contribution in [0.1, 0.15) is 25.7 Å². The molecule has 4 heteroatoms. The first-order chi connectivity index (χ1) is 9.88. The minimum atomic E-state index is 0.549. The lowest BCUT2D eigenvalue weighted by molar-refractivity contribution is 0.313. The number of nitrogens with one attached hydrogen (secondary N) is 2. The van der Waals surface area contributed by atoms with Crippen molar-refractivity contribution in [1.29, 1.82) is 5.26 Å². The van der Waals surface area contributed by atoms with Crippen molar-refractivity contribution >= 4 is 5.69 Å². The predicted octanol–water partition coefficient (Wildman–Crippen LogP) is 2.78. The van der Waals surface area contributed by atoms with Gasteiger partial charge in [0.1, 0.15) is 5.75 Å². The van der Waals surface area contributed by atoms with Crippen molar-refractivity contribution < 1.29 is 4.74 Å². The number of unbranched alkanes of at least 4 members (excludes halogenated alkanes) is 1. The number of hydrogen-bond donors (Lipinski definition) is 2. The first kappa shape index (κ1) is 14.7. The van der Waals surface area contributed by atoms with Crippen molar-refractivity contribution in [2.24, 2.45) is 5.92 Å². The molecule has 1 aliphatic heterocycles. The standard InChI is InChI=1S/C16H23N3O/c17-8-1-2-11-20-16-5-3-4-15(12-16)19-13-14-6-9-18-10-7-14/h3-5,12,14,18-19H,1-2,6-7,9-11,13H2. The van der Waals surface area contributed by atoms with Crippen LogP contribution in [0.15, 0.2) is 24.3 Å². The minimum Gasteiger partial charge on any atom is -0.493 e. The molecule has 108 valence electrons. The molecule has 20 heavy (non-hydrogen) atoms. The van der Waals surface area contributed by atoms with E-state index in [1.165, 1.54) is 12.8 Å². The van der Waals surface area contributed by atoms with E-state index in [2.05, 4.69) is 22.8 Å². The van der Waals surface area contributed by atoms with Crippen LogP contribution in [-0.4, -0.2) is 26.2 Å². The molecule has 2 N–H and O–H groups in total. The summed E-state index contributed by atoms with van der Waals surface area (Å²) in [5.74, 6) is 1.63. The van der Waals surface area contributed by atoms with Crippen molar-refractivity contribution in [2.75, 3.05) is 31.6 Å². The highest BCUT2D eigenvalue weighted by Crippen LogP contribution is 2.19. The molecule has 0 bridgehead atoms. The van der Waals surface area contributed by atoms with Gasteiger partial charge in [-0.2, -0.15) is 5.26 Å². The van der Waals surface area contributed by atoms with E-state index in [0.29, 0.717) is 13.0 Å². The van der Waals surface area contributed by atoms with Gasteiger partial charge in [0.2, 0.25) is 0 Å². The highest BCUT2D eigenvalue weighted by molar-refractivity contribution is 5.48. The minimum absolute atomic E-state index is 0.549. The number of anilines is 1. The Bertz CT molecular complexity index is 436. The molecule has 0 spiro atoms. The van der Waals surface area contributed by atoms with Crippen LogP contribution in [0.3, 0.4) is 0 Å². The largest absolute Gasteiger partial charge is 0.493 e. The van der Waals surface area contributed by atoms with Crippen LogP contribution in [-0.2, 0) is 0 Å². The molecule has 1 aliphatic rings. The number of hydrogen-bond acceptors (Lipinski definition) is 4. The number of piperidine rings is 1. The molecule has 2 rings (SSSR count). The summed E-state index contributed by atoms with van der Waals surface area (Å²) in [6.45, 7) is 3.90. The topological polar surface area (TPSA) is 57.1 Å². The predicted molar refractivity (Wildman–Crippen MR) is 80.9 cm³/mol. The Labute approximate surface area is 121 Å². The molecule has 1 saturated heterocycles. The third-order valence-corrected chi connectivity index (χ3v) is 3.59. The normalized spacial score (nSPS) is 15.6. The van der Waals surface area contributed by atoms with Gasteiger partial charge in [-0.3, -0.25) is 0 Å². The molecule has 0 atom stereocenters. The summed E-state index contributed by atoms with van der Waals surface area (Å²) < 4.78 is 5.64. The summed E-state index contributed by atoms with van der Waals surface area (Å²) >= 11 is 0. The number of ether oxygens (including phenoxy) is 1. The average molecular weight is 273 g/mol. The molecule has 0 amide bonds. The van der Waals surface area contributed by atoms with Gasteiger partial charge < -0.3 is 15.4 Å². The molecule has 0 saturated carbocycles. The number of rotatable bonds is 7. The van der Waals surface area contributed by atoms with Crippen LogP contribution in [0.5, 0.6) is 5.75 Å². The maximum absolute atomic E-state index is 8.48. The van der Waals surface area contributed by atoms with E-state index < -0.39 is 0 Å². The summed E-state index contributed by atoms with van der Waals surface area (Å²) in [6, 6.07) is 10.2. The maximum atomic E-state index is 8.48. The molecule has 0 aromatic heterocycles. The van der Waals surface area contributed by atoms with Gasteiger partial charge in [-0.1, -0.05) is 6.07 Å². The lowest BCUT2D eigenvalue weighted by atomic mass is 9.98. The summed E-state index contributed by atoms with van der Waals surface area (Å²) in [5.41, 5.74) is 1.11. The average Bonchev–Trinajstić information content (AvgIpc) is 2.51. The fourth-order valence-electron chi connectivity index (χ4n) is 2.39. The van der Waals surface area contributed by atoms with Crippen LogP contribution >= 0.6 is 0 Å². The molecule has 0 radical (unpaired) electrons. The highest BCUT2D eigenvalue weighted by atomic mass is 16.5. The Morgan fingerprint density at radius 2 is 2.20 bits per heavy atom. The second kappa shape index (κ2) is 8.44. The van der Waals surface area contributed by atoms with Gasteiger partial charge in [-0.15, -0.1) is 0 Å². The SMILES string of the molecule is N#CCCCOc1cccc(NCC2CCNCC2)c1. The summed E-state index contributed by atoms with van der Waals surface area (Å²) in [7, 11) is 0. The lowest BCUT2D eigenvalue weighted by Crippen LogP contribution is -2.31. The first-order valence-electron chi connectivity index (χ1n) is 7.43. The van der Waals surface area contributed by atoms with Gasteiger partial charge in [0.15, 0.2) is 0 Å². The smallest absolute Gasteiger partial charge is 0.121 e. The monoisotopic (exact) mass is 273 g/mol. The Morgan fingerprint density at radius 1 is 1.35 bits per heavy atom. The van der Waals surface area contributed by atoms with Crippen molar-refractivity contribution in [1.82, 2.24) is 5.32 Å². The highest BCUT2D eigenvalue weighted by Gasteiger charge is 2.12. The third kappa shape index (κ3) is 5.10. The molecule has 1 aromatic rings. The quantitative estimate of drug-likeness (QED) is 0.750. The second-order valence-electron chi connectivity index (χ2n) is 5.21. The van der Waals surface area contributed by atoms with E-state index in [-0.39, 0.29) is 0 Å². The van der Waals surface area contributed by atoms with Crippen LogP contribution in [0.25, 0.3) is 0 Å². The molecule has 4 nitrogen and oxygen atoms in total. The van der Waals surface area contributed by atoms with Gasteiger partial charge in [0.05, 0.1) is 12.7 Å². The van der Waals surface area contributed by atoms with Crippen molar-refractivity contribution in [2.45, 2.75) is 25.7 Å². The first-order valence-corrected chi connectivity index (χ1v) is 7.43. The van der Waals surface area contributed by atoms with E-state index >= 15 is 0 Å². The van der Waals surface area contributed by atoms with Crippen LogP contribution in [0, 0.1) is 17.2 Å². The maximum Gasteiger partial charge on any atom is 0.121 e. The van der Waals surface area contributed by atoms with E-state index in [9.17, 15) is 0 Å². The summed E-state index contributed by atoms with van der Waals surface area (Å²) in [5, 5.41) is 15.4. The number of nitrogens with zero attached hydrogens (tertiary/aromatic N) is 1. The Kier molecular flexibility index (Phi) is 6.19. The third-order valence-electron chi connectivity index (χ3n) is 3.59. The van der Waals surface area contributed by atoms with E-state index in [4.69, 9.17) is 10.00 Å². The molecular formula is C16H23N3O. The van der Waals surface area contributed by atoms with Crippen LogP contribution < -0.4 is 15.4 Å². The van der Waals surface area contributed by atoms with Crippen molar-refractivity contribution in [3.05, 3.63) is 24.3 Å². The Morgan fingerprint density at radius 3 is 3.00 bits per heavy atom. The Balaban J connectivity index is 1.75. The fourth-order valence-corrected chi connectivity index (χ4v) is 2.39. The van der Waals surface area contributed by atoms with Gasteiger partial charge in [0, 0.05) is 24.7 Å². The van der Waals surface area contributed by atoms with Gasteiger partial charge in [0.25, 0.3) is 0 Å². The van der Waals surface area contributed by atoms with Gasteiger partial charge in [-0.25, -0.2) is 0 Å². The van der Waals surface area contributed by atoms with E-state index in [1.54, 1.807) is 0 Å². The van der Waals surface area contributed by atoms with Crippen molar-refractivity contribution in [3.8, 4) is 11.8 Å². The lowest BCUT2D eigenvalue weighted by Gasteiger charge is -2.23. The molecule has 1 aromatic carbocycles. The molecular weight excluding hydrogens is 250 g/mol. The number of benzene rings is 1. The van der Waals surface area contributed by atoms with Gasteiger partial charge in [-0.05, 0) is 50.4 Å². The van der Waals surface area contributed by atoms with Crippen LogP contribution in [0.2, 0.25) is 0 Å². The molecule has 0 aliphatic carbocycles. The van der Waals surface area contributed by atoms with E-state index in [1.807, 2.05) is 18.2 Å².